The molecule has 19 heavy (non-hydrogen) atoms. The second-order valence-electron chi connectivity index (χ2n) is 3.76. The standard InChI is InChI=1S/C14H14ClN3O/c1-4-14-17-11(9-13(15)18(14)16-2)10-7-5-6-8-12(10)19-3/h4-9H,2H2,1,3H3/b14-4-. The second kappa shape index (κ2) is 5.71. The van der Waals surface area contributed by atoms with Gasteiger partial charge in [-0.3, -0.25) is 0 Å². The predicted molar refractivity (Wildman–Crippen MR) is 78.6 cm³/mol. The molecule has 0 saturated carbocycles. The van der Waals surface area contributed by atoms with Crippen LogP contribution in [0.25, 0.3) is 0 Å². The van der Waals surface area contributed by atoms with Crippen LogP contribution in [0.4, 0.5) is 0 Å². The van der Waals surface area contributed by atoms with Crippen LogP contribution in [-0.4, -0.2) is 24.5 Å². The van der Waals surface area contributed by atoms with E-state index in [1.165, 1.54) is 5.01 Å². The molecule has 0 aromatic heterocycles. The van der Waals surface area contributed by atoms with Crippen molar-refractivity contribution in [2.24, 2.45) is 10.1 Å². The SMILES string of the molecule is C=NN1C(Cl)=CC(c2ccccc2OC)=N/C1=C/C. The van der Waals surface area contributed by atoms with Crippen molar-refractivity contribution in [3.63, 3.8) is 0 Å². The average molecular weight is 276 g/mol. The Morgan fingerprint density at radius 1 is 1.42 bits per heavy atom. The van der Waals surface area contributed by atoms with Gasteiger partial charge in [-0.1, -0.05) is 23.7 Å². The van der Waals surface area contributed by atoms with Crippen molar-refractivity contribution in [2.45, 2.75) is 6.92 Å². The number of hydrogen-bond donors (Lipinski definition) is 0. The van der Waals surface area contributed by atoms with E-state index in [0.29, 0.717) is 11.0 Å². The molecule has 2 rings (SSSR count). The first-order chi connectivity index (χ1) is 9.21. The van der Waals surface area contributed by atoms with Gasteiger partial charge in [0.15, 0.2) is 5.82 Å². The van der Waals surface area contributed by atoms with Gasteiger partial charge in [-0.2, -0.15) is 5.10 Å². The quantitative estimate of drug-likeness (QED) is 0.627. The minimum atomic E-state index is 0.444. The summed E-state index contributed by atoms with van der Waals surface area (Å²) >= 11 is 6.19. The van der Waals surface area contributed by atoms with Gasteiger partial charge in [0.2, 0.25) is 0 Å². The van der Waals surface area contributed by atoms with Gasteiger partial charge >= 0.3 is 0 Å². The van der Waals surface area contributed by atoms with Crippen LogP contribution in [0.3, 0.4) is 0 Å². The molecule has 0 saturated heterocycles. The maximum atomic E-state index is 6.19. The fourth-order valence-corrected chi connectivity index (χ4v) is 2.05. The van der Waals surface area contributed by atoms with Crippen LogP contribution in [0, 0.1) is 0 Å². The number of halogens is 1. The highest BCUT2D eigenvalue weighted by atomic mass is 35.5. The third-order valence-electron chi connectivity index (χ3n) is 2.69. The molecule has 1 heterocycles. The molecule has 98 valence electrons. The zero-order valence-electron chi connectivity index (χ0n) is 10.8. The van der Waals surface area contributed by atoms with E-state index < -0.39 is 0 Å². The number of aliphatic imine (C=N–C) groups is 1. The zero-order valence-corrected chi connectivity index (χ0v) is 11.6. The van der Waals surface area contributed by atoms with Gasteiger partial charge in [-0.15, -0.1) is 0 Å². The molecular weight excluding hydrogens is 262 g/mol. The Morgan fingerprint density at radius 2 is 2.16 bits per heavy atom. The topological polar surface area (TPSA) is 37.2 Å². The van der Waals surface area contributed by atoms with E-state index in [4.69, 9.17) is 16.3 Å². The van der Waals surface area contributed by atoms with Crippen molar-refractivity contribution in [3.8, 4) is 5.75 Å². The van der Waals surface area contributed by atoms with Crippen molar-refractivity contribution >= 4 is 24.0 Å². The van der Waals surface area contributed by atoms with Gasteiger partial charge in [-0.25, -0.2) is 10.0 Å². The highest BCUT2D eigenvalue weighted by Gasteiger charge is 2.19. The molecule has 0 radical (unpaired) electrons. The number of ether oxygens (including phenoxy) is 1. The van der Waals surface area contributed by atoms with Crippen molar-refractivity contribution in [3.05, 3.63) is 53.0 Å². The van der Waals surface area contributed by atoms with E-state index >= 15 is 0 Å². The van der Waals surface area contributed by atoms with E-state index in [-0.39, 0.29) is 0 Å². The molecule has 0 spiro atoms. The molecule has 1 aliphatic heterocycles. The van der Waals surface area contributed by atoms with Gasteiger partial charge in [0.05, 0.1) is 12.8 Å². The van der Waals surface area contributed by atoms with Gasteiger partial charge in [0.1, 0.15) is 10.9 Å². The summed E-state index contributed by atoms with van der Waals surface area (Å²) in [7, 11) is 1.63. The molecule has 0 N–H and O–H groups in total. The van der Waals surface area contributed by atoms with Gasteiger partial charge in [0, 0.05) is 18.4 Å². The number of para-hydroxylation sites is 1. The van der Waals surface area contributed by atoms with Gasteiger partial charge in [0.25, 0.3) is 0 Å². The van der Waals surface area contributed by atoms with E-state index in [1.807, 2.05) is 37.3 Å². The molecule has 1 aromatic rings. The van der Waals surface area contributed by atoms with Gasteiger partial charge < -0.3 is 4.74 Å². The molecule has 0 aliphatic carbocycles. The Hall–Kier alpha value is -2.07. The van der Waals surface area contributed by atoms with Crippen LogP contribution >= 0.6 is 11.6 Å². The van der Waals surface area contributed by atoms with Crippen molar-refractivity contribution in [1.29, 1.82) is 0 Å². The van der Waals surface area contributed by atoms with E-state index in [2.05, 4.69) is 16.8 Å². The number of allylic oxidation sites excluding steroid dienone is 2. The molecule has 4 nitrogen and oxygen atoms in total. The molecule has 0 atom stereocenters. The third kappa shape index (κ3) is 2.53. The lowest BCUT2D eigenvalue weighted by molar-refractivity contribution is 0.414. The number of nitrogens with zero attached hydrogens (tertiary/aromatic N) is 3. The molecule has 1 aromatic carbocycles. The second-order valence-corrected chi connectivity index (χ2v) is 4.15. The molecule has 0 fully saturated rings. The summed E-state index contributed by atoms with van der Waals surface area (Å²) in [6.45, 7) is 5.35. The fourth-order valence-electron chi connectivity index (χ4n) is 1.81. The highest BCUT2D eigenvalue weighted by Crippen LogP contribution is 2.28. The summed E-state index contributed by atoms with van der Waals surface area (Å²) in [5, 5.41) is 5.74. The van der Waals surface area contributed by atoms with Crippen LogP contribution in [-0.2, 0) is 0 Å². The number of methoxy groups -OCH3 is 1. The molecule has 0 amide bonds. The Balaban J connectivity index is 2.52. The summed E-state index contributed by atoms with van der Waals surface area (Å²) in [4.78, 5) is 4.51. The maximum absolute atomic E-state index is 6.19. The monoisotopic (exact) mass is 275 g/mol. The molecule has 1 aliphatic rings. The lowest BCUT2D eigenvalue weighted by Crippen LogP contribution is -2.19. The van der Waals surface area contributed by atoms with Crippen LogP contribution in [0.5, 0.6) is 5.75 Å². The first-order valence-corrected chi connectivity index (χ1v) is 6.11. The smallest absolute Gasteiger partial charge is 0.151 e. The lowest BCUT2D eigenvalue weighted by atomic mass is 10.1. The van der Waals surface area contributed by atoms with Crippen molar-refractivity contribution in [1.82, 2.24) is 5.01 Å². The number of rotatable bonds is 3. The van der Waals surface area contributed by atoms with Crippen molar-refractivity contribution in [2.75, 3.05) is 7.11 Å². The van der Waals surface area contributed by atoms with Crippen molar-refractivity contribution < 1.29 is 4.74 Å². The van der Waals surface area contributed by atoms with Crippen LogP contribution in [0.2, 0.25) is 0 Å². The Morgan fingerprint density at radius 3 is 2.79 bits per heavy atom. The third-order valence-corrected chi connectivity index (χ3v) is 2.96. The Kier molecular flexibility index (Phi) is 4.02. The van der Waals surface area contributed by atoms with E-state index in [9.17, 15) is 0 Å². The minimum Gasteiger partial charge on any atom is -0.496 e. The minimum absolute atomic E-state index is 0.444. The summed E-state index contributed by atoms with van der Waals surface area (Å²) in [5.41, 5.74) is 1.61. The van der Waals surface area contributed by atoms with E-state index in [1.54, 1.807) is 13.2 Å². The van der Waals surface area contributed by atoms with Crippen LogP contribution in [0.1, 0.15) is 12.5 Å². The lowest BCUT2D eigenvalue weighted by Gasteiger charge is -2.22. The first kappa shape index (κ1) is 13.4. The normalized spacial score (nSPS) is 17.0. The molecule has 5 heteroatoms. The largest absolute Gasteiger partial charge is 0.496 e. The Labute approximate surface area is 117 Å². The molecule has 0 bridgehead atoms. The molecular formula is C14H14ClN3O. The summed E-state index contributed by atoms with van der Waals surface area (Å²) in [5.74, 6) is 1.38. The summed E-state index contributed by atoms with van der Waals surface area (Å²) in [6.07, 6.45) is 3.56. The average Bonchev–Trinajstić information content (AvgIpc) is 2.46. The highest BCUT2D eigenvalue weighted by molar-refractivity contribution is 6.32. The number of hydrogen-bond acceptors (Lipinski definition) is 4. The molecule has 0 unspecified atom stereocenters. The van der Waals surface area contributed by atoms with E-state index in [0.717, 1.165) is 17.0 Å². The number of benzene rings is 1. The Bertz CT molecular complexity index is 590. The summed E-state index contributed by atoms with van der Waals surface area (Å²) in [6, 6.07) is 7.65. The van der Waals surface area contributed by atoms with Crippen LogP contribution < -0.4 is 4.74 Å². The summed E-state index contributed by atoms with van der Waals surface area (Å²) < 4.78 is 5.33. The fraction of sp³-hybridized carbons (Fsp3) is 0.143. The van der Waals surface area contributed by atoms with Gasteiger partial charge in [-0.05, 0) is 25.1 Å². The first-order valence-electron chi connectivity index (χ1n) is 5.73. The predicted octanol–water partition coefficient (Wildman–Crippen LogP) is 3.36. The van der Waals surface area contributed by atoms with Crippen LogP contribution in [0.15, 0.2) is 57.5 Å². The maximum Gasteiger partial charge on any atom is 0.151 e. The number of hydrazone groups is 1. The zero-order chi connectivity index (χ0) is 13.8.